The first-order valence-electron chi connectivity index (χ1n) is 5.34. The van der Waals surface area contributed by atoms with Gasteiger partial charge in [-0.25, -0.2) is 0 Å². The Morgan fingerprint density at radius 2 is 1.93 bits per heavy atom. The zero-order chi connectivity index (χ0) is 11.1. The molecule has 0 bridgehead atoms. The van der Waals surface area contributed by atoms with Crippen LogP contribution in [0.1, 0.15) is 20.3 Å². The Morgan fingerprint density at radius 3 is 2.47 bits per heavy atom. The largest absolute Gasteiger partial charge is 0.491 e. The summed E-state index contributed by atoms with van der Waals surface area (Å²) in [7, 11) is 0. The lowest BCUT2D eigenvalue weighted by Gasteiger charge is -2.10. The maximum Gasteiger partial charge on any atom is 0.119 e. The van der Waals surface area contributed by atoms with E-state index in [9.17, 15) is 0 Å². The van der Waals surface area contributed by atoms with Gasteiger partial charge in [-0.15, -0.1) is 0 Å². The van der Waals surface area contributed by atoms with Crippen LogP contribution in [-0.4, -0.2) is 18.4 Å². The molecule has 1 N–H and O–H groups in total. The first kappa shape index (κ1) is 12.2. The second-order valence-electron chi connectivity index (χ2n) is 3.69. The van der Waals surface area contributed by atoms with Gasteiger partial charge >= 0.3 is 0 Å². The van der Waals surface area contributed by atoms with Gasteiger partial charge in [0.2, 0.25) is 0 Å². The summed E-state index contributed by atoms with van der Waals surface area (Å²) in [6, 6.07) is 8.05. The van der Waals surface area contributed by atoms with Crippen LogP contribution in [0.3, 0.4) is 0 Å². The molecule has 3 heteroatoms. The van der Waals surface area contributed by atoms with Gasteiger partial charge in [0, 0.05) is 12.2 Å². The van der Waals surface area contributed by atoms with Gasteiger partial charge in [-0.1, -0.05) is 0 Å². The molecule has 1 aromatic rings. The van der Waals surface area contributed by atoms with Crippen LogP contribution in [0.25, 0.3) is 0 Å². The molecule has 0 saturated carbocycles. The summed E-state index contributed by atoms with van der Waals surface area (Å²) in [6.07, 6.45) is 1.31. The lowest BCUT2D eigenvalue weighted by atomic mass is 10.3. The molecule has 1 aromatic carbocycles. The van der Waals surface area contributed by atoms with Crippen LogP contribution in [-0.2, 0) is 0 Å². The molecule has 0 amide bonds. The number of anilines is 1. The van der Waals surface area contributed by atoms with E-state index in [0.717, 1.165) is 30.2 Å². The van der Waals surface area contributed by atoms with Crippen LogP contribution in [0.5, 0.6) is 5.75 Å². The fraction of sp³-hybridized carbons (Fsp3) is 0.500. The molecule has 0 unspecified atom stereocenters. The zero-order valence-electron chi connectivity index (χ0n) is 9.36. The molecule has 0 fully saturated rings. The highest BCUT2D eigenvalue weighted by Crippen LogP contribution is 2.16. The van der Waals surface area contributed by atoms with Gasteiger partial charge in [0.05, 0.1) is 6.10 Å². The Bertz CT molecular complexity index is 271. The molecular weight excluding hydrogens is 206 g/mol. The van der Waals surface area contributed by atoms with E-state index in [4.69, 9.17) is 4.74 Å². The van der Waals surface area contributed by atoms with Gasteiger partial charge in [-0.3, -0.25) is 0 Å². The third-order valence-electron chi connectivity index (χ3n) is 1.89. The SMILES string of the molecule is CC(C)Oc1ccc(NCCCS)cc1. The summed E-state index contributed by atoms with van der Waals surface area (Å²) < 4.78 is 5.55. The summed E-state index contributed by atoms with van der Waals surface area (Å²) >= 11 is 4.16. The van der Waals surface area contributed by atoms with Crippen LogP contribution in [0, 0.1) is 0 Å². The molecular formula is C12H19NOS. The van der Waals surface area contributed by atoms with Crippen LogP contribution in [0.15, 0.2) is 24.3 Å². The van der Waals surface area contributed by atoms with Crippen LogP contribution < -0.4 is 10.1 Å². The van der Waals surface area contributed by atoms with Gasteiger partial charge in [-0.05, 0) is 50.3 Å². The maximum absolute atomic E-state index is 5.55. The average molecular weight is 225 g/mol. The monoisotopic (exact) mass is 225 g/mol. The van der Waals surface area contributed by atoms with Crippen molar-refractivity contribution in [2.45, 2.75) is 26.4 Å². The highest BCUT2D eigenvalue weighted by Gasteiger charge is 1.97. The maximum atomic E-state index is 5.55. The lowest BCUT2D eigenvalue weighted by Crippen LogP contribution is -2.06. The van der Waals surface area contributed by atoms with E-state index in [-0.39, 0.29) is 6.10 Å². The quantitative estimate of drug-likeness (QED) is 0.573. The van der Waals surface area contributed by atoms with E-state index in [1.165, 1.54) is 0 Å². The van der Waals surface area contributed by atoms with Crippen molar-refractivity contribution in [1.29, 1.82) is 0 Å². The summed E-state index contributed by atoms with van der Waals surface area (Å²) in [4.78, 5) is 0. The van der Waals surface area contributed by atoms with Crippen molar-refractivity contribution in [3.05, 3.63) is 24.3 Å². The molecule has 15 heavy (non-hydrogen) atoms. The van der Waals surface area contributed by atoms with E-state index in [2.05, 4.69) is 17.9 Å². The smallest absolute Gasteiger partial charge is 0.119 e. The standard InChI is InChI=1S/C12H19NOS/c1-10(2)14-12-6-4-11(5-7-12)13-8-3-9-15/h4-7,10,13,15H,3,8-9H2,1-2H3. The van der Waals surface area contributed by atoms with Crippen molar-refractivity contribution in [3.8, 4) is 5.75 Å². The fourth-order valence-electron chi connectivity index (χ4n) is 1.24. The number of thiol groups is 1. The van der Waals surface area contributed by atoms with Crippen molar-refractivity contribution >= 4 is 18.3 Å². The number of rotatable bonds is 6. The fourth-order valence-corrected chi connectivity index (χ4v) is 1.39. The first-order chi connectivity index (χ1) is 7.22. The van der Waals surface area contributed by atoms with Crippen molar-refractivity contribution in [1.82, 2.24) is 0 Å². The molecule has 0 saturated heterocycles. The lowest BCUT2D eigenvalue weighted by molar-refractivity contribution is 0.242. The Hall–Kier alpha value is -0.830. The van der Waals surface area contributed by atoms with Crippen LogP contribution >= 0.6 is 12.6 Å². The highest BCUT2D eigenvalue weighted by molar-refractivity contribution is 7.80. The summed E-state index contributed by atoms with van der Waals surface area (Å²) in [6.45, 7) is 5.02. The van der Waals surface area contributed by atoms with Gasteiger partial charge in [0.15, 0.2) is 0 Å². The normalized spacial score (nSPS) is 10.4. The van der Waals surface area contributed by atoms with Crippen LogP contribution in [0.4, 0.5) is 5.69 Å². The molecule has 0 atom stereocenters. The summed E-state index contributed by atoms with van der Waals surface area (Å²) in [5.41, 5.74) is 1.13. The van der Waals surface area contributed by atoms with E-state index in [0.29, 0.717) is 0 Å². The second-order valence-corrected chi connectivity index (χ2v) is 4.14. The topological polar surface area (TPSA) is 21.3 Å². The van der Waals surface area contributed by atoms with Crippen LogP contribution in [0.2, 0.25) is 0 Å². The molecule has 0 aliphatic carbocycles. The van der Waals surface area contributed by atoms with E-state index < -0.39 is 0 Å². The van der Waals surface area contributed by atoms with Gasteiger partial charge in [0.25, 0.3) is 0 Å². The summed E-state index contributed by atoms with van der Waals surface area (Å²) in [5.74, 6) is 1.84. The van der Waals surface area contributed by atoms with Gasteiger partial charge in [0.1, 0.15) is 5.75 Å². The number of hydrogen-bond acceptors (Lipinski definition) is 3. The molecule has 0 aliphatic rings. The molecule has 0 radical (unpaired) electrons. The van der Waals surface area contributed by atoms with E-state index in [1.54, 1.807) is 0 Å². The molecule has 0 heterocycles. The molecule has 0 aliphatic heterocycles. The molecule has 2 nitrogen and oxygen atoms in total. The average Bonchev–Trinajstić information content (AvgIpc) is 2.20. The minimum absolute atomic E-state index is 0.230. The van der Waals surface area contributed by atoms with Crippen molar-refractivity contribution in [2.75, 3.05) is 17.6 Å². The van der Waals surface area contributed by atoms with Crippen molar-refractivity contribution in [2.24, 2.45) is 0 Å². The minimum Gasteiger partial charge on any atom is -0.491 e. The van der Waals surface area contributed by atoms with Gasteiger partial charge in [-0.2, -0.15) is 12.6 Å². The third kappa shape index (κ3) is 4.98. The Morgan fingerprint density at radius 1 is 1.27 bits per heavy atom. The number of hydrogen-bond donors (Lipinski definition) is 2. The molecule has 0 aromatic heterocycles. The van der Waals surface area contributed by atoms with Crippen molar-refractivity contribution < 1.29 is 4.74 Å². The Labute approximate surface area is 97.4 Å². The molecule has 84 valence electrons. The molecule has 0 spiro atoms. The second kappa shape index (κ2) is 6.62. The third-order valence-corrected chi connectivity index (χ3v) is 2.21. The van der Waals surface area contributed by atoms with Gasteiger partial charge < -0.3 is 10.1 Å². The highest BCUT2D eigenvalue weighted by atomic mass is 32.1. The minimum atomic E-state index is 0.230. The number of benzene rings is 1. The zero-order valence-corrected chi connectivity index (χ0v) is 10.3. The Kier molecular flexibility index (Phi) is 5.40. The Balaban J connectivity index is 2.42. The first-order valence-corrected chi connectivity index (χ1v) is 5.97. The number of nitrogens with one attached hydrogen (secondary N) is 1. The predicted octanol–water partition coefficient (Wildman–Crippen LogP) is 3.21. The molecule has 1 rings (SSSR count). The predicted molar refractivity (Wildman–Crippen MR) is 69.2 cm³/mol. The van der Waals surface area contributed by atoms with Crippen molar-refractivity contribution in [3.63, 3.8) is 0 Å². The summed E-state index contributed by atoms with van der Waals surface area (Å²) in [5, 5.41) is 3.32. The number of ether oxygens (including phenoxy) is 1. The van der Waals surface area contributed by atoms with E-state index >= 15 is 0 Å². The van der Waals surface area contributed by atoms with E-state index in [1.807, 2.05) is 38.1 Å².